The SMILES string of the molecule is CC1(CNC(=O)Cn2cnc3ccccc3c2=O)CCCCC1O. The highest BCUT2D eigenvalue weighted by atomic mass is 16.3. The van der Waals surface area contributed by atoms with Crippen molar-refractivity contribution in [1.82, 2.24) is 14.9 Å². The maximum atomic E-state index is 12.4. The summed E-state index contributed by atoms with van der Waals surface area (Å²) in [6.07, 6.45) is 4.78. The molecular weight excluding hydrogens is 306 g/mol. The van der Waals surface area contributed by atoms with Crippen LogP contribution in [0.5, 0.6) is 0 Å². The Labute approximate surface area is 140 Å². The summed E-state index contributed by atoms with van der Waals surface area (Å²) in [6.45, 7) is 2.35. The highest BCUT2D eigenvalue weighted by Crippen LogP contribution is 2.35. The van der Waals surface area contributed by atoms with E-state index in [0.717, 1.165) is 25.7 Å². The number of nitrogens with one attached hydrogen (secondary N) is 1. The summed E-state index contributed by atoms with van der Waals surface area (Å²) in [7, 11) is 0. The molecule has 2 unspecified atom stereocenters. The molecule has 0 spiro atoms. The first-order chi connectivity index (χ1) is 11.5. The molecule has 1 amide bonds. The minimum Gasteiger partial charge on any atom is -0.392 e. The lowest BCUT2D eigenvalue weighted by Gasteiger charge is -2.38. The predicted octanol–water partition coefficient (Wildman–Crippen LogP) is 1.45. The third-order valence-corrected chi connectivity index (χ3v) is 5.01. The molecule has 1 fully saturated rings. The second-order valence-electron chi connectivity index (χ2n) is 6.89. The molecule has 6 heteroatoms. The van der Waals surface area contributed by atoms with E-state index in [0.29, 0.717) is 17.4 Å². The second-order valence-corrected chi connectivity index (χ2v) is 6.89. The van der Waals surface area contributed by atoms with Crippen molar-refractivity contribution >= 4 is 16.8 Å². The molecule has 0 aliphatic heterocycles. The van der Waals surface area contributed by atoms with Crippen LogP contribution in [0.3, 0.4) is 0 Å². The number of amides is 1. The molecule has 1 aromatic carbocycles. The van der Waals surface area contributed by atoms with E-state index in [2.05, 4.69) is 10.3 Å². The first-order valence-corrected chi connectivity index (χ1v) is 8.38. The van der Waals surface area contributed by atoms with Crippen molar-refractivity contribution in [3.05, 3.63) is 40.9 Å². The quantitative estimate of drug-likeness (QED) is 0.889. The third-order valence-electron chi connectivity index (χ3n) is 5.01. The van der Waals surface area contributed by atoms with E-state index in [1.54, 1.807) is 18.2 Å². The van der Waals surface area contributed by atoms with E-state index in [1.807, 2.05) is 13.0 Å². The second kappa shape index (κ2) is 6.73. The molecule has 0 radical (unpaired) electrons. The van der Waals surface area contributed by atoms with Crippen LogP contribution in [0, 0.1) is 5.41 Å². The number of aliphatic hydroxyl groups is 1. The fourth-order valence-electron chi connectivity index (χ4n) is 3.32. The first kappa shape index (κ1) is 16.6. The standard InChI is InChI=1S/C18H23N3O3/c1-18(9-5-4-8-15(18)22)11-19-16(23)10-21-12-20-14-7-3-2-6-13(14)17(21)24/h2-3,6-7,12,15,22H,4-5,8-11H2,1H3,(H,19,23). The van der Waals surface area contributed by atoms with Gasteiger partial charge in [-0.1, -0.05) is 31.9 Å². The third kappa shape index (κ3) is 3.33. The zero-order valence-corrected chi connectivity index (χ0v) is 13.9. The van der Waals surface area contributed by atoms with Gasteiger partial charge in [0, 0.05) is 12.0 Å². The molecular formula is C18H23N3O3. The van der Waals surface area contributed by atoms with Crippen molar-refractivity contribution in [2.24, 2.45) is 5.41 Å². The van der Waals surface area contributed by atoms with Crippen molar-refractivity contribution in [3.63, 3.8) is 0 Å². The summed E-state index contributed by atoms with van der Waals surface area (Å²) in [4.78, 5) is 28.8. The Morgan fingerprint density at radius 3 is 3.00 bits per heavy atom. The summed E-state index contributed by atoms with van der Waals surface area (Å²) < 4.78 is 1.32. The van der Waals surface area contributed by atoms with Gasteiger partial charge in [0.15, 0.2) is 0 Å². The van der Waals surface area contributed by atoms with Crippen LogP contribution >= 0.6 is 0 Å². The Hall–Kier alpha value is -2.21. The van der Waals surface area contributed by atoms with Crippen molar-refractivity contribution < 1.29 is 9.90 Å². The predicted molar refractivity (Wildman–Crippen MR) is 91.6 cm³/mol. The number of nitrogens with zero attached hydrogens (tertiary/aromatic N) is 2. The number of aliphatic hydroxyl groups excluding tert-OH is 1. The summed E-state index contributed by atoms with van der Waals surface area (Å²) in [5, 5.41) is 13.5. The molecule has 128 valence electrons. The average Bonchev–Trinajstić information content (AvgIpc) is 2.59. The summed E-state index contributed by atoms with van der Waals surface area (Å²) >= 11 is 0. The van der Waals surface area contributed by atoms with Gasteiger partial charge in [0.2, 0.25) is 5.91 Å². The topological polar surface area (TPSA) is 84.2 Å². The number of aromatic nitrogens is 2. The smallest absolute Gasteiger partial charge is 0.261 e. The molecule has 1 aliphatic carbocycles. The van der Waals surface area contributed by atoms with Crippen LogP contribution in [0.25, 0.3) is 10.9 Å². The number of para-hydroxylation sites is 1. The van der Waals surface area contributed by atoms with Crippen molar-refractivity contribution in [2.75, 3.05) is 6.54 Å². The van der Waals surface area contributed by atoms with Gasteiger partial charge < -0.3 is 10.4 Å². The minimum absolute atomic E-state index is 0.0666. The van der Waals surface area contributed by atoms with E-state index < -0.39 is 6.10 Å². The van der Waals surface area contributed by atoms with Gasteiger partial charge in [-0.2, -0.15) is 0 Å². The summed E-state index contributed by atoms with van der Waals surface area (Å²) in [5.74, 6) is -0.242. The molecule has 2 N–H and O–H groups in total. The lowest BCUT2D eigenvalue weighted by molar-refractivity contribution is -0.122. The van der Waals surface area contributed by atoms with Gasteiger partial charge in [-0.15, -0.1) is 0 Å². The van der Waals surface area contributed by atoms with Crippen molar-refractivity contribution in [1.29, 1.82) is 0 Å². The van der Waals surface area contributed by atoms with Gasteiger partial charge in [0.05, 0.1) is 23.3 Å². The molecule has 1 saturated carbocycles. The lowest BCUT2D eigenvalue weighted by atomic mass is 9.73. The largest absolute Gasteiger partial charge is 0.392 e. The van der Waals surface area contributed by atoms with Crippen molar-refractivity contribution in [3.8, 4) is 0 Å². The van der Waals surface area contributed by atoms with Crippen LogP contribution in [-0.2, 0) is 11.3 Å². The highest BCUT2D eigenvalue weighted by Gasteiger charge is 2.35. The van der Waals surface area contributed by atoms with Crippen LogP contribution in [-0.4, -0.2) is 33.2 Å². The number of fused-ring (bicyclic) bond motifs is 1. The minimum atomic E-state index is -0.392. The molecule has 2 aromatic rings. The average molecular weight is 329 g/mol. The molecule has 6 nitrogen and oxygen atoms in total. The van der Waals surface area contributed by atoms with E-state index in [1.165, 1.54) is 10.9 Å². The Morgan fingerprint density at radius 1 is 1.42 bits per heavy atom. The van der Waals surface area contributed by atoms with Crippen LogP contribution in [0.4, 0.5) is 0 Å². The molecule has 1 heterocycles. The number of hydrogen-bond acceptors (Lipinski definition) is 4. The number of benzene rings is 1. The normalized spacial score (nSPS) is 24.0. The monoisotopic (exact) mass is 329 g/mol. The number of rotatable bonds is 4. The lowest BCUT2D eigenvalue weighted by Crippen LogP contribution is -2.46. The van der Waals surface area contributed by atoms with Gasteiger partial charge in [0.25, 0.3) is 5.56 Å². The van der Waals surface area contributed by atoms with Crippen LogP contribution in [0.15, 0.2) is 35.4 Å². The Bertz CT molecular complexity index is 801. The molecule has 24 heavy (non-hydrogen) atoms. The van der Waals surface area contributed by atoms with E-state index in [9.17, 15) is 14.7 Å². The fourth-order valence-corrected chi connectivity index (χ4v) is 3.32. The Kier molecular flexibility index (Phi) is 4.66. The maximum Gasteiger partial charge on any atom is 0.261 e. The van der Waals surface area contributed by atoms with Crippen LogP contribution in [0.2, 0.25) is 0 Å². The van der Waals surface area contributed by atoms with Gasteiger partial charge in [-0.05, 0) is 25.0 Å². The van der Waals surface area contributed by atoms with Crippen LogP contribution in [0.1, 0.15) is 32.6 Å². The Morgan fingerprint density at radius 2 is 2.21 bits per heavy atom. The fraction of sp³-hybridized carbons (Fsp3) is 0.500. The van der Waals surface area contributed by atoms with Gasteiger partial charge in [0.1, 0.15) is 6.54 Å². The van der Waals surface area contributed by atoms with Crippen LogP contribution < -0.4 is 10.9 Å². The van der Waals surface area contributed by atoms with Gasteiger partial charge in [-0.3, -0.25) is 14.2 Å². The summed E-state index contributed by atoms with van der Waals surface area (Å²) in [5.41, 5.74) is 0.109. The molecule has 2 atom stereocenters. The zero-order valence-electron chi connectivity index (χ0n) is 13.9. The zero-order chi connectivity index (χ0) is 17.2. The number of carbonyl (C=O) groups excluding carboxylic acids is 1. The first-order valence-electron chi connectivity index (χ1n) is 8.38. The van der Waals surface area contributed by atoms with Crippen molar-refractivity contribution in [2.45, 2.75) is 45.3 Å². The Balaban J connectivity index is 1.67. The van der Waals surface area contributed by atoms with Gasteiger partial charge >= 0.3 is 0 Å². The molecule has 0 saturated heterocycles. The molecule has 0 bridgehead atoms. The molecule has 1 aromatic heterocycles. The van der Waals surface area contributed by atoms with E-state index in [-0.39, 0.29) is 23.4 Å². The molecule has 1 aliphatic rings. The molecule has 3 rings (SSSR count). The van der Waals surface area contributed by atoms with Gasteiger partial charge in [-0.25, -0.2) is 4.98 Å². The number of hydrogen-bond donors (Lipinski definition) is 2. The highest BCUT2D eigenvalue weighted by molar-refractivity contribution is 5.78. The summed E-state index contributed by atoms with van der Waals surface area (Å²) in [6, 6.07) is 7.08. The van der Waals surface area contributed by atoms with E-state index >= 15 is 0 Å². The maximum absolute atomic E-state index is 12.4. The van der Waals surface area contributed by atoms with E-state index in [4.69, 9.17) is 0 Å². The number of carbonyl (C=O) groups is 1.